The Kier molecular flexibility index (Phi) is 52.9. The molecular weight excluding hydrogens is 324 g/mol. The van der Waals surface area contributed by atoms with Crippen LogP contribution in [0, 0.1) is 17.8 Å². The van der Waals surface area contributed by atoms with E-state index < -0.39 is 12.3 Å². The van der Waals surface area contributed by atoms with Gasteiger partial charge in [-0.1, -0.05) is 95.4 Å². The van der Waals surface area contributed by atoms with Gasteiger partial charge in [-0.2, -0.15) is 0 Å². The lowest BCUT2D eigenvalue weighted by Crippen LogP contribution is -1.81. The van der Waals surface area contributed by atoms with Crippen LogP contribution in [0.5, 0.6) is 0 Å². The first-order valence-corrected chi connectivity index (χ1v) is 8.57. The number of hydrogen-bond donors (Lipinski definition) is 4. The summed E-state index contributed by atoms with van der Waals surface area (Å²) in [5.74, 6) is 2.63. The van der Waals surface area contributed by atoms with E-state index in [0.29, 0.717) is 0 Å². The van der Waals surface area contributed by atoms with Crippen LogP contribution in [-0.2, 0) is 0 Å². The van der Waals surface area contributed by atoms with E-state index in [1.165, 1.54) is 25.7 Å². The van der Waals surface area contributed by atoms with Crippen LogP contribution in [-0.4, -0.2) is 32.7 Å². The molecule has 4 N–H and O–H groups in total. The Hall–Kier alpha value is -1.46. The van der Waals surface area contributed by atoms with Crippen LogP contribution in [0.2, 0.25) is 0 Å². The van der Waals surface area contributed by atoms with E-state index in [2.05, 4.69) is 62.3 Å². The Bertz CT molecular complexity index is 205. The quantitative estimate of drug-likeness (QED) is 0.404. The first-order chi connectivity index (χ1) is 10.7. The van der Waals surface area contributed by atoms with Gasteiger partial charge in [0.2, 0.25) is 0 Å². The molecular formula is C19H46O6. The maximum atomic E-state index is 8.56. The molecule has 0 fully saturated rings. The second kappa shape index (κ2) is 34.0. The molecule has 0 aromatic carbocycles. The molecule has 0 aliphatic rings. The van der Waals surface area contributed by atoms with Crippen LogP contribution in [0.1, 0.15) is 95.4 Å². The SMILES string of the molecule is C.CC(C)C.CCCC(C)C.CCCC(C)C.O=C(O)O.O=C(O)O. The summed E-state index contributed by atoms with van der Waals surface area (Å²) in [6.45, 7) is 20.0. The van der Waals surface area contributed by atoms with Gasteiger partial charge in [0, 0.05) is 0 Å². The van der Waals surface area contributed by atoms with E-state index in [9.17, 15) is 0 Å². The number of carboxylic acid groups (broad SMARTS) is 4. The van der Waals surface area contributed by atoms with Gasteiger partial charge in [-0.15, -0.1) is 0 Å². The van der Waals surface area contributed by atoms with E-state index in [4.69, 9.17) is 30.0 Å². The largest absolute Gasteiger partial charge is 0.503 e. The van der Waals surface area contributed by atoms with E-state index in [1.54, 1.807) is 0 Å². The number of carbonyl (C=O) groups is 2. The molecule has 0 amide bonds. The molecule has 0 bridgehead atoms. The van der Waals surface area contributed by atoms with Gasteiger partial charge in [0.15, 0.2) is 0 Å². The number of rotatable bonds is 4. The highest BCUT2D eigenvalue weighted by atomic mass is 16.6. The molecule has 0 aliphatic carbocycles. The molecule has 0 aliphatic heterocycles. The molecule has 0 unspecified atom stereocenters. The first-order valence-electron chi connectivity index (χ1n) is 8.57. The summed E-state index contributed by atoms with van der Waals surface area (Å²) in [6, 6.07) is 0. The smallest absolute Gasteiger partial charge is 0.450 e. The highest BCUT2D eigenvalue weighted by molar-refractivity contribution is 5.53. The molecule has 0 rings (SSSR count). The van der Waals surface area contributed by atoms with Crippen molar-refractivity contribution in [1.82, 2.24) is 0 Å². The third-order valence-electron chi connectivity index (χ3n) is 1.73. The average Bonchev–Trinajstić information content (AvgIpc) is 2.26. The summed E-state index contributed by atoms with van der Waals surface area (Å²) in [4.78, 5) is 17.1. The predicted molar refractivity (Wildman–Crippen MR) is 108 cm³/mol. The highest BCUT2D eigenvalue weighted by Crippen LogP contribution is 2.00. The average molecular weight is 371 g/mol. The highest BCUT2D eigenvalue weighted by Gasteiger charge is 1.86. The normalized spacial score (nSPS) is 8.16. The van der Waals surface area contributed by atoms with Gasteiger partial charge < -0.3 is 20.4 Å². The van der Waals surface area contributed by atoms with E-state index in [0.717, 1.165) is 17.8 Å². The second-order valence-corrected chi connectivity index (χ2v) is 6.66. The molecule has 0 aromatic rings. The minimum Gasteiger partial charge on any atom is -0.450 e. The first kappa shape index (κ1) is 38.9. The maximum Gasteiger partial charge on any atom is 0.503 e. The Morgan fingerprint density at radius 1 is 0.640 bits per heavy atom. The summed E-state index contributed by atoms with van der Waals surface area (Å²) in [5.41, 5.74) is 0. The van der Waals surface area contributed by atoms with Crippen LogP contribution < -0.4 is 0 Å². The minimum atomic E-state index is -1.83. The molecule has 0 saturated heterocycles. The molecule has 158 valence electrons. The monoisotopic (exact) mass is 370 g/mol. The van der Waals surface area contributed by atoms with E-state index >= 15 is 0 Å². The van der Waals surface area contributed by atoms with Gasteiger partial charge in [-0.05, 0) is 17.8 Å². The van der Waals surface area contributed by atoms with Crippen LogP contribution in [0.4, 0.5) is 9.59 Å². The van der Waals surface area contributed by atoms with Gasteiger partial charge >= 0.3 is 12.3 Å². The van der Waals surface area contributed by atoms with E-state index in [-0.39, 0.29) is 7.43 Å². The van der Waals surface area contributed by atoms with Gasteiger partial charge in [-0.3, -0.25) is 0 Å². The molecule has 6 nitrogen and oxygen atoms in total. The Morgan fingerprint density at radius 2 is 0.760 bits per heavy atom. The lowest BCUT2D eigenvalue weighted by molar-refractivity contribution is 0.135. The number of hydrogen-bond acceptors (Lipinski definition) is 2. The fourth-order valence-electron chi connectivity index (χ4n) is 1.15. The van der Waals surface area contributed by atoms with Crippen LogP contribution in [0.3, 0.4) is 0 Å². The third kappa shape index (κ3) is 461. The molecule has 0 aromatic heterocycles. The zero-order valence-electron chi connectivity index (χ0n) is 17.2. The van der Waals surface area contributed by atoms with Crippen molar-refractivity contribution in [3.63, 3.8) is 0 Å². The molecule has 0 spiro atoms. The van der Waals surface area contributed by atoms with Crippen molar-refractivity contribution in [2.75, 3.05) is 0 Å². The van der Waals surface area contributed by atoms with Crippen molar-refractivity contribution in [3.05, 3.63) is 0 Å². The van der Waals surface area contributed by atoms with Crippen molar-refractivity contribution in [3.8, 4) is 0 Å². The second-order valence-electron chi connectivity index (χ2n) is 6.66. The fraction of sp³-hybridized carbons (Fsp3) is 0.895. The van der Waals surface area contributed by atoms with Crippen molar-refractivity contribution in [2.24, 2.45) is 17.8 Å². The lowest BCUT2D eigenvalue weighted by atomic mass is 10.1. The van der Waals surface area contributed by atoms with Crippen LogP contribution >= 0.6 is 0 Å². The van der Waals surface area contributed by atoms with Gasteiger partial charge in [0.05, 0.1) is 0 Å². The molecule has 25 heavy (non-hydrogen) atoms. The zero-order chi connectivity index (χ0) is 20.7. The summed E-state index contributed by atoms with van der Waals surface area (Å²) in [5, 5.41) is 27.9. The fourth-order valence-corrected chi connectivity index (χ4v) is 1.15. The Balaban J connectivity index is -0.0000000454. The Morgan fingerprint density at radius 3 is 0.760 bits per heavy atom. The molecule has 0 saturated carbocycles. The maximum absolute atomic E-state index is 8.56. The molecule has 6 heteroatoms. The van der Waals surface area contributed by atoms with Crippen molar-refractivity contribution in [2.45, 2.75) is 95.4 Å². The van der Waals surface area contributed by atoms with Crippen molar-refractivity contribution in [1.29, 1.82) is 0 Å². The lowest BCUT2D eigenvalue weighted by Gasteiger charge is -1.95. The minimum absolute atomic E-state index is 0. The third-order valence-corrected chi connectivity index (χ3v) is 1.73. The van der Waals surface area contributed by atoms with E-state index in [1.807, 2.05) is 0 Å². The van der Waals surface area contributed by atoms with Gasteiger partial charge in [0.1, 0.15) is 0 Å². The topological polar surface area (TPSA) is 115 Å². The molecule has 0 atom stereocenters. The summed E-state index contributed by atoms with van der Waals surface area (Å²) < 4.78 is 0. The van der Waals surface area contributed by atoms with Gasteiger partial charge in [-0.25, -0.2) is 9.59 Å². The van der Waals surface area contributed by atoms with Crippen LogP contribution in [0.25, 0.3) is 0 Å². The van der Waals surface area contributed by atoms with Crippen molar-refractivity contribution < 1.29 is 30.0 Å². The Labute approximate surface area is 156 Å². The summed E-state index contributed by atoms with van der Waals surface area (Å²) in [7, 11) is 0. The predicted octanol–water partition coefficient (Wildman–Crippen LogP) is 7.63. The molecule has 0 radical (unpaired) electrons. The van der Waals surface area contributed by atoms with Crippen molar-refractivity contribution >= 4 is 12.3 Å². The van der Waals surface area contributed by atoms with Gasteiger partial charge in [0.25, 0.3) is 0 Å². The summed E-state index contributed by atoms with van der Waals surface area (Å²) in [6.07, 6.45) is 1.75. The zero-order valence-corrected chi connectivity index (χ0v) is 17.2. The van der Waals surface area contributed by atoms with Crippen LogP contribution in [0.15, 0.2) is 0 Å². The standard InChI is InChI=1S/2C6H14.C4H10.2CH2O3.CH4/c2*1-4-5-6(2)3;1-4(2)3;2*2-1(3)4;/h2*6H,4-5H2,1-3H3;4H,1-3H3;2*(H2,2,3,4);1H4. The summed E-state index contributed by atoms with van der Waals surface area (Å²) >= 11 is 0. The molecule has 0 heterocycles.